The lowest BCUT2D eigenvalue weighted by Gasteiger charge is -2.38. The highest BCUT2D eigenvalue weighted by Gasteiger charge is 2.69. The van der Waals surface area contributed by atoms with Crippen molar-refractivity contribution in [2.45, 2.75) is 130 Å². The Labute approximate surface area is 293 Å². The molecule has 6 atom stereocenters. The van der Waals surface area contributed by atoms with E-state index in [1.165, 1.54) is 4.31 Å². The average Bonchev–Trinajstić information content (AvgIpc) is 3.33. The van der Waals surface area contributed by atoms with E-state index in [4.69, 9.17) is 0 Å². The number of sulfonamides is 1. The van der Waals surface area contributed by atoms with Gasteiger partial charge in [-0.15, -0.1) is 6.58 Å². The molecular formula is C37H60N4O7S. The third kappa shape index (κ3) is 9.01. The SMILES string of the molecule is C=CCCC(=O)C(=O)C(CCC)CC(=O)[C@@H]1[C@@H]2[C@H](CN1C(=O)[C@@H](NC(=O)N[C@H](CN1CCCS1(=O)=O)C(C)(C)C)C1CCCCC1)C2(C)C. The molecule has 2 saturated heterocycles. The Hall–Kier alpha value is -2.60. The van der Waals surface area contributed by atoms with Gasteiger partial charge < -0.3 is 15.5 Å². The van der Waals surface area contributed by atoms with Gasteiger partial charge in [0.1, 0.15) is 6.04 Å². The summed E-state index contributed by atoms with van der Waals surface area (Å²) < 4.78 is 26.6. The molecule has 0 aromatic rings. The topological polar surface area (TPSA) is 150 Å². The number of nitrogens with one attached hydrogen (secondary N) is 2. The van der Waals surface area contributed by atoms with Crippen LogP contribution in [0.3, 0.4) is 0 Å². The monoisotopic (exact) mass is 704 g/mol. The van der Waals surface area contributed by atoms with Crippen molar-refractivity contribution in [3.8, 4) is 0 Å². The minimum absolute atomic E-state index is 0.0497. The van der Waals surface area contributed by atoms with E-state index < -0.39 is 57.1 Å². The maximum Gasteiger partial charge on any atom is 0.315 e. The normalized spacial score (nSPS) is 26.7. The highest BCUT2D eigenvalue weighted by Crippen LogP contribution is 2.65. The number of Topliss-reactive ketones (excluding diaryl/α,β-unsaturated/α-hetero) is 3. The van der Waals surface area contributed by atoms with E-state index in [1.54, 1.807) is 11.0 Å². The van der Waals surface area contributed by atoms with Gasteiger partial charge in [0.2, 0.25) is 21.7 Å². The number of nitrogens with zero attached hydrogens (tertiary/aromatic N) is 2. The fraction of sp³-hybridized carbons (Fsp3) is 0.811. The summed E-state index contributed by atoms with van der Waals surface area (Å²) in [5, 5.41) is 6.02. The molecule has 0 bridgehead atoms. The first-order chi connectivity index (χ1) is 22.9. The zero-order valence-corrected chi connectivity index (χ0v) is 31.4. The molecule has 3 amide bonds. The second-order valence-corrected chi connectivity index (χ2v) is 18.7. The number of likely N-dealkylation sites (tertiary alicyclic amines) is 1. The van der Waals surface area contributed by atoms with Crippen LogP contribution in [0.15, 0.2) is 12.7 Å². The van der Waals surface area contributed by atoms with E-state index in [1.807, 2.05) is 27.7 Å². The van der Waals surface area contributed by atoms with Crippen molar-refractivity contribution in [2.24, 2.45) is 34.5 Å². The van der Waals surface area contributed by atoms with Crippen molar-refractivity contribution in [2.75, 3.05) is 25.4 Å². The van der Waals surface area contributed by atoms with Crippen LogP contribution in [0.1, 0.15) is 112 Å². The molecule has 0 radical (unpaired) electrons. The number of rotatable bonds is 16. The van der Waals surface area contributed by atoms with E-state index in [0.717, 1.165) is 32.1 Å². The predicted molar refractivity (Wildman–Crippen MR) is 189 cm³/mol. The number of allylic oxidation sites excluding steroid dienone is 1. The van der Waals surface area contributed by atoms with Gasteiger partial charge >= 0.3 is 6.03 Å². The summed E-state index contributed by atoms with van der Waals surface area (Å²) in [6.45, 7) is 16.6. The third-order valence-electron chi connectivity index (χ3n) is 11.7. The van der Waals surface area contributed by atoms with Crippen molar-refractivity contribution in [1.29, 1.82) is 0 Å². The number of amides is 3. The van der Waals surface area contributed by atoms with Crippen LogP contribution in [0, 0.1) is 34.5 Å². The number of ketones is 3. The predicted octanol–water partition coefficient (Wildman–Crippen LogP) is 4.65. The summed E-state index contributed by atoms with van der Waals surface area (Å²) in [6, 6.07) is -2.60. The van der Waals surface area contributed by atoms with Crippen LogP contribution in [0.2, 0.25) is 0 Å². The standard InChI is InChI=1S/C37H60N4O7S/c1-8-10-18-27(42)33(44)25(15-9-2)21-28(43)32-30-26(37(30,6)7)22-41(32)34(45)31(24-16-12-11-13-17-24)39-35(46)38-29(36(3,4)5)23-40-19-14-20-49(40,47)48/h8,24-26,29-32H,1,9-23H2,2-7H3,(H2,38,39,46)/t25?,26-,29+,30-,31-,32+/m0/s1. The van der Waals surface area contributed by atoms with E-state index >= 15 is 0 Å². The Morgan fingerprint density at radius 2 is 1.69 bits per heavy atom. The van der Waals surface area contributed by atoms with E-state index in [-0.39, 0.29) is 60.0 Å². The summed E-state index contributed by atoms with van der Waals surface area (Å²) in [5.74, 6) is -2.12. The van der Waals surface area contributed by atoms with Crippen molar-refractivity contribution >= 4 is 39.3 Å². The van der Waals surface area contributed by atoms with Crippen LogP contribution in [-0.4, -0.2) is 90.4 Å². The van der Waals surface area contributed by atoms with Crippen LogP contribution in [0.4, 0.5) is 4.79 Å². The lowest BCUT2D eigenvalue weighted by molar-refractivity contribution is -0.144. The largest absolute Gasteiger partial charge is 0.334 e. The molecular weight excluding hydrogens is 644 g/mol. The highest BCUT2D eigenvalue weighted by atomic mass is 32.2. The van der Waals surface area contributed by atoms with Crippen LogP contribution >= 0.6 is 0 Å². The molecule has 1 unspecified atom stereocenters. The first kappa shape index (κ1) is 39.2. The molecule has 4 rings (SSSR count). The van der Waals surface area contributed by atoms with Crippen LogP contribution in [-0.2, 0) is 29.2 Å². The molecule has 4 aliphatic rings. The van der Waals surface area contributed by atoms with Gasteiger partial charge in [-0.05, 0) is 60.7 Å². The average molecular weight is 705 g/mol. The molecule has 12 heteroatoms. The van der Waals surface area contributed by atoms with Gasteiger partial charge in [0.05, 0.1) is 11.8 Å². The van der Waals surface area contributed by atoms with Gasteiger partial charge in [-0.2, -0.15) is 4.31 Å². The molecule has 276 valence electrons. The van der Waals surface area contributed by atoms with E-state index in [0.29, 0.717) is 38.8 Å². The lowest BCUT2D eigenvalue weighted by Crippen LogP contribution is -2.60. The molecule has 49 heavy (non-hydrogen) atoms. The molecule has 0 aromatic carbocycles. The molecule has 4 fully saturated rings. The number of piperidine rings is 1. The first-order valence-electron chi connectivity index (χ1n) is 18.5. The summed E-state index contributed by atoms with van der Waals surface area (Å²) in [5.41, 5.74) is -0.596. The number of hydrogen-bond acceptors (Lipinski definition) is 7. The van der Waals surface area contributed by atoms with E-state index in [2.05, 4.69) is 31.1 Å². The quantitative estimate of drug-likeness (QED) is 0.176. The molecule has 2 aliphatic heterocycles. The summed E-state index contributed by atoms with van der Waals surface area (Å²) in [4.78, 5) is 70.0. The molecule has 2 aliphatic carbocycles. The van der Waals surface area contributed by atoms with Crippen LogP contribution in [0.5, 0.6) is 0 Å². The Bertz CT molecular complexity index is 1380. The zero-order valence-electron chi connectivity index (χ0n) is 30.6. The van der Waals surface area contributed by atoms with Gasteiger partial charge in [-0.25, -0.2) is 13.2 Å². The number of urea groups is 1. The van der Waals surface area contributed by atoms with E-state index in [9.17, 15) is 32.4 Å². The first-order valence-corrected chi connectivity index (χ1v) is 20.1. The van der Waals surface area contributed by atoms with Gasteiger partial charge in [0.15, 0.2) is 11.6 Å². The zero-order chi connectivity index (χ0) is 36.3. The maximum atomic E-state index is 14.6. The molecule has 2 heterocycles. The fourth-order valence-corrected chi connectivity index (χ4v) is 10.0. The Kier molecular flexibility index (Phi) is 12.6. The van der Waals surface area contributed by atoms with Crippen molar-refractivity contribution in [3.63, 3.8) is 0 Å². The maximum absolute atomic E-state index is 14.6. The summed E-state index contributed by atoms with van der Waals surface area (Å²) >= 11 is 0. The molecule has 2 saturated carbocycles. The summed E-state index contributed by atoms with van der Waals surface area (Å²) in [6.07, 6.45) is 8.09. The number of hydrogen-bond donors (Lipinski definition) is 2. The number of carbonyl (C=O) groups is 5. The lowest BCUT2D eigenvalue weighted by atomic mass is 9.82. The second kappa shape index (κ2) is 15.7. The molecule has 0 aromatic heterocycles. The Morgan fingerprint density at radius 1 is 1.02 bits per heavy atom. The number of fused-ring (bicyclic) bond motifs is 1. The molecule has 0 spiro atoms. The van der Waals surface area contributed by atoms with Gasteiger partial charge in [0.25, 0.3) is 0 Å². The summed E-state index contributed by atoms with van der Waals surface area (Å²) in [7, 11) is -3.37. The van der Waals surface area contributed by atoms with Gasteiger partial charge in [0, 0.05) is 44.4 Å². The molecule has 2 N–H and O–H groups in total. The Morgan fingerprint density at radius 3 is 2.27 bits per heavy atom. The minimum Gasteiger partial charge on any atom is -0.334 e. The van der Waals surface area contributed by atoms with Crippen molar-refractivity contribution in [3.05, 3.63) is 12.7 Å². The molecule has 11 nitrogen and oxygen atoms in total. The van der Waals surface area contributed by atoms with Crippen molar-refractivity contribution < 1.29 is 32.4 Å². The van der Waals surface area contributed by atoms with Crippen LogP contribution in [0.25, 0.3) is 0 Å². The number of carbonyl (C=O) groups excluding carboxylic acids is 5. The van der Waals surface area contributed by atoms with Crippen LogP contribution < -0.4 is 10.6 Å². The minimum atomic E-state index is -3.37. The van der Waals surface area contributed by atoms with Gasteiger partial charge in [-0.3, -0.25) is 19.2 Å². The van der Waals surface area contributed by atoms with Gasteiger partial charge in [-0.1, -0.05) is 73.3 Å². The third-order valence-corrected chi connectivity index (χ3v) is 13.7. The smallest absolute Gasteiger partial charge is 0.315 e. The van der Waals surface area contributed by atoms with Crippen molar-refractivity contribution in [1.82, 2.24) is 19.8 Å². The fourth-order valence-electron chi connectivity index (χ4n) is 8.51. The highest BCUT2D eigenvalue weighted by molar-refractivity contribution is 7.89. The second-order valence-electron chi connectivity index (χ2n) is 16.6. The Balaban J connectivity index is 1.55.